The molecule has 0 aliphatic rings. The van der Waals surface area contributed by atoms with E-state index in [1.54, 1.807) is 24.3 Å². The van der Waals surface area contributed by atoms with Crippen molar-refractivity contribution in [3.05, 3.63) is 35.9 Å². The third-order valence-corrected chi connectivity index (χ3v) is 4.48. The second-order valence-electron chi connectivity index (χ2n) is 4.23. The van der Waals surface area contributed by atoms with Gasteiger partial charge in [0.25, 0.3) is 0 Å². The molecule has 0 saturated heterocycles. The lowest BCUT2D eigenvalue weighted by Crippen LogP contribution is -2.33. The third kappa shape index (κ3) is 5.38. The predicted molar refractivity (Wildman–Crippen MR) is 73.1 cm³/mol. The van der Waals surface area contributed by atoms with Crippen LogP contribution in [0.2, 0.25) is 0 Å². The SMILES string of the molecule is N#CCN(Cc1ccccc1)S(=O)(=O)CCCC(=O)O. The van der Waals surface area contributed by atoms with E-state index in [0.717, 1.165) is 9.87 Å². The van der Waals surface area contributed by atoms with Gasteiger partial charge in [-0.15, -0.1) is 0 Å². The third-order valence-electron chi connectivity index (χ3n) is 2.64. The van der Waals surface area contributed by atoms with Gasteiger partial charge >= 0.3 is 5.97 Å². The minimum atomic E-state index is -3.63. The fraction of sp³-hybridized carbons (Fsp3) is 0.385. The number of aliphatic carboxylic acids is 1. The highest BCUT2D eigenvalue weighted by molar-refractivity contribution is 7.89. The summed E-state index contributed by atoms with van der Waals surface area (Å²) in [5, 5.41) is 17.3. The Morgan fingerprint density at radius 1 is 1.30 bits per heavy atom. The molecule has 0 aromatic heterocycles. The van der Waals surface area contributed by atoms with Gasteiger partial charge in [-0.3, -0.25) is 4.79 Å². The van der Waals surface area contributed by atoms with Gasteiger partial charge in [-0.1, -0.05) is 30.3 Å². The molecule has 0 atom stereocenters. The Kier molecular flexibility index (Phi) is 6.15. The van der Waals surface area contributed by atoms with E-state index >= 15 is 0 Å². The van der Waals surface area contributed by atoms with E-state index in [0.29, 0.717) is 0 Å². The Morgan fingerprint density at radius 2 is 1.95 bits per heavy atom. The molecule has 0 saturated carbocycles. The molecule has 0 heterocycles. The number of carboxylic acids is 1. The van der Waals surface area contributed by atoms with E-state index < -0.39 is 16.0 Å². The molecule has 0 aliphatic carbocycles. The minimum absolute atomic E-state index is 0.0361. The van der Waals surface area contributed by atoms with E-state index in [9.17, 15) is 13.2 Å². The van der Waals surface area contributed by atoms with Crippen LogP contribution in [0.15, 0.2) is 30.3 Å². The maximum atomic E-state index is 12.1. The fourth-order valence-corrected chi connectivity index (χ4v) is 3.02. The Morgan fingerprint density at radius 3 is 2.50 bits per heavy atom. The molecule has 1 aromatic carbocycles. The van der Waals surface area contributed by atoms with E-state index in [-0.39, 0.29) is 31.7 Å². The van der Waals surface area contributed by atoms with Crippen LogP contribution in [-0.4, -0.2) is 36.1 Å². The Labute approximate surface area is 118 Å². The second kappa shape index (κ2) is 7.62. The maximum Gasteiger partial charge on any atom is 0.303 e. The van der Waals surface area contributed by atoms with Gasteiger partial charge in [-0.2, -0.15) is 9.57 Å². The van der Waals surface area contributed by atoms with E-state index in [4.69, 9.17) is 10.4 Å². The highest BCUT2D eigenvalue weighted by Crippen LogP contribution is 2.11. The number of benzene rings is 1. The number of carboxylic acid groups (broad SMARTS) is 1. The smallest absolute Gasteiger partial charge is 0.303 e. The number of carbonyl (C=O) groups is 1. The first kappa shape index (κ1) is 16.1. The number of sulfonamides is 1. The lowest BCUT2D eigenvalue weighted by Gasteiger charge is -2.19. The quantitative estimate of drug-likeness (QED) is 0.727. The summed E-state index contributed by atoms with van der Waals surface area (Å²) in [6, 6.07) is 10.8. The summed E-state index contributed by atoms with van der Waals surface area (Å²) in [6.45, 7) is -0.131. The van der Waals surface area contributed by atoms with Crippen molar-refractivity contribution < 1.29 is 18.3 Å². The van der Waals surface area contributed by atoms with Crippen molar-refractivity contribution >= 4 is 16.0 Å². The van der Waals surface area contributed by atoms with Crippen molar-refractivity contribution in [2.45, 2.75) is 19.4 Å². The number of hydrogen-bond donors (Lipinski definition) is 1. The molecular formula is C13H16N2O4S. The number of rotatable bonds is 8. The molecule has 1 N–H and O–H groups in total. The lowest BCUT2D eigenvalue weighted by atomic mass is 10.2. The van der Waals surface area contributed by atoms with Gasteiger partial charge in [0.1, 0.15) is 6.54 Å². The van der Waals surface area contributed by atoms with Gasteiger partial charge in [0.2, 0.25) is 10.0 Å². The highest BCUT2D eigenvalue weighted by atomic mass is 32.2. The van der Waals surface area contributed by atoms with Crippen LogP contribution in [-0.2, 0) is 21.4 Å². The fourth-order valence-electron chi connectivity index (χ4n) is 1.65. The molecule has 20 heavy (non-hydrogen) atoms. The monoisotopic (exact) mass is 296 g/mol. The first-order valence-corrected chi connectivity index (χ1v) is 7.67. The molecule has 7 heteroatoms. The standard InChI is InChI=1S/C13H16N2O4S/c14-8-9-15(11-12-5-2-1-3-6-12)20(18,19)10-4-7-13(16)17/h1-3,5-6H,4,7,9-11H2,(H,16,17). The van der Waals surface area contributed by atoms with Crippen LogP contribution in [0.4, 0.5) is 0 Å². The summed E-state index contributed by atoms with van der Waals surface area (Å²) in [4.78, 5) is 10.4. The molecule has 108 valence electrons. The topological polar surface area (TPSA) is 98.5 Å². The Hall–Kier alpha value is -1.91. The molecule has 1 rings (SSSR count). The van der Waals surface area contributed by atoms with Crippen LogP contribution in [0.25, 0.3) is 0 Å². The summed E-state index contributed by atoms with van der Waals surface area (Å²) in [5.41, 5.74) is 0.782. The first-order chi connectivity index (χ1) is 9.45. The molecular weight excluding hydrogens is 280 g/mol. The average molecular weight is 296 g/mol. The largest absolute Gasteiger partial charge is 0.481 e. The maximum absolute atomic E-state index is 12.1. The predicted octanol–water partition coefficient (Wildman–Crippen LogP) is 1.21. The van der Waals surface area contributed by atoms with Gasteiger partial charge in [0.05, 0.1) is 11.8 Å². The second-order valence-corrected chi connectivity index (χ2v) is 6.31. The van der Waals surface area contributed by atoms with Crippen molar-refractivity contribution in [2.24, 2.45) is 0 Å². The zero-order chi connectivity index (χ0) is 15.0. The van der Waals surface area contributed by atoms with E-state index in [1.807, 2.05) is 12.1 Å². The number of nitriles is 1. The van der Waals surface area contributed by atoms with E-state index in [2.05, 4.69) is 0 Å². The van der Waals surface area contributed by atoms with Crippen molar-refractivity contribution in [2.75, 3.05) is 12.3 Å². The van der Waals surface area contributed by atoms with Crippen LogP contribution < -0.4 is 0 Å². The van der Waals surface area contributed by atoms with Crippen LogP contribution in [0, 0.1) is 11.3 Å². The summed E-state index contributed by atoms with van der Waals surface area (Å²) >= 11 is 0. The van der Waals surface area contributed by atoms with Crippen LogP contribution >= 0.6 is 0 Å². The summed E-state index contributed by atoms with van der Waals surface area (Å²) in [7, 11) is -3.63. The molecule has 0 bridgehead atoms. The van der Waals surface area contributed by atoms with E-state index in [1.165, 1.54) is 0 Å². The number of hydrogen-bond acceptors (Lipinski definition) is 4. The summed E-state index contributed by atoms with van der Waals surface area (Å²) in [6.07, 6.45) is -0.167. The highest BCUT2D eigenvalue weighted by Gasteiger charge is 2.22. The van der Waals surface area contributed by atoms with Gasteiger partial charge in [-0.05, 0) is 12.0 Å². The molecule has 0 amide bonds. The van der Waals surface area contributed by atoms with Gasteiger partial charge in [0.15, 0.2) is 0 Å². The van der Waals surface area contributed by atoms with Crippen LogP contribution in [0.3, 0.4) is 0 Å². The number of nitrogens with zero attached hydrogens (tertiary/aromatic N) is 2. The molecule has 1 aromatic rings. The van der Waals surface area contributed by atoms with Crippen LogP contribution in [0.1, 0.15) is 18.4 Å². The normalized spacial score (nSPS) is 11.2. The van der Waals surface area contributed by atoms with Crippen molar-refractivity contribution in [3.63, 3.8) is 0 Å². The van der Waals surface area contributed by atoms with Gasteiger partial charge in [0, 0.05) is 13.0 Å². The van der Waals surface area contributed by atoms with Gasteiger partial charge < -0.3 is 5.11 Å². The molecule has 0 unspecified atom stereocenters. The van der Waals surface area contributed by atoms with Crippen molar-refractivity contribution in [1.29, 1.82) is 5.26 Å². The molecule has 0 spiro atoms. The van der Waals surface area contributed by atoms with Crippen molar-refractivity contribution in [1.82, 2.24) is 4.31 Å². The summed E-state index contributed by atoms with van der Waals surface area (Å²) in [5.74, 6) is -1.30. The zero-order valence-corrected chi connectivity index (χ0v) is 11.7. The Bertz CT molecular complexity index is 578. The van der Waals surface area contributed by atoms with Crippen LogP contribution in [0.5, 0.6) is 0 Å². The molecule has 6 nitrogen and oxygen atoms in total. The molecule has 0 fully saturated rings. The lowest BCUT2D eigenvalue weighted by molar-refractivity contribution is -0.137. The Balaban J connectivity index is 2.74. The van der Waals surface area contributed by atoms with Gasteiger partial charge in [-0.25, -0.2) is 8.42 Å². The zero-order valence-electron chi connectivity index (χ0n) is 10.9. The first-order valence-electron chi connectivity index (χ1n) is 6.06. The average Bonchev–Trinajstić information content (AvgIpc) is 2.38. The van der Waals surface area contributed by atoms with Crippen molar-refractivity contribution in [3.8, 4) is 6.07 Å². The molecule has 0 aliphatic heterocycles. The minimum Gasteiger partial charge on any atom is -0.481 e. The summed E-state index contributed by atoms with van der Waals surface area (Å²) < 4.78 is 25.3. The molecule has 0 radical (unpaired) electrons.